The molecule has 4 amide bonds. The molecule has 3 saturated heterocycles. The van der Waals surface area contributed by atoms with Crippen molar-refractivity contribution in [3.05, 3.63) is 81.3 Å². The molecule has 2 N–H and O–H groups in total. The number of piperazine rings is 1. The number of nitriles is 1. The molecule has 274 valence electrons. The number of amides is 4. The first-order valence-corrected chi connectivity index (χ1v) is 18.5. The highest BCUT2D eigenvalue weighted by Crippen LogP contribution is 2.36. The molecule has 15 heteroatoms. The number of nitrogens with one attached hydrogen (secondary N) is 2. The molecular formula is C38H38ClFN8O5. The summed E-state index contributed by atoms with van der Waals surface area (Å²) in [5, 5.41) is 23.6. The topological polar surface area (TPSA) is 161 Å². The summed E-state index contributed by atoms with van der Waals surface area (Å²) in [6.45, 7) is 1.78. The molecule has 1 saturated carbocycles. The third-order valence-corrected chi connectivity index (χ3v) is 11.5. The molecule has 4 aliphatic heterocycles. The molecule has 5 aliphatic rings. The number of anilines is 1. The van der Waals surface area contributed by atoms with Crippen LogP contribution in [0.1, 0.15) is 88.9 Å². The monoisotopic (exact) mass is 740 g/mol. The third-order valence-electron chi connectivity index (χ3n) is 11.2. The van der Waals surface area contributed by atoms with Crippen LogP contribution in [0.4, 0.5) is 10.2 Å². The molecule has 1 aliphatic carbocycles. The minimum atomic E-state index is -0.792. The smallest absolute Gasteiger partial charge is 0.272 e. The number of hydrogen-bond acceptors (Lipinski definition) is 10. The Morgan fingerprint density at radius 1 is 1.00 bits per heavy atom. The van der Waals surface area contributed by atoms with E-state index in [-0.39, 0.29) is 66.7 Å². The molecule has 5 heterocycles. The molecule has 8 rings (SSSR count). The Balaban J connectivity index is 0.838. The molecule has 2 aromatic carbocycles. The van der Waals surface area contributed by atoms with Crippen LogP contribution in [0.2, 0.25) is 5.02 Å². The summed E-state index contributed by atoms with van der Waals surface area (Å²) in [5.74, 6) is -0.625. The average Bonchev–Trinajstić information content (AvgIpc) is 3.62. The summed E-state index contributed by atoms with van der Waals surface area (Å²) in [7, 11) is 0. The minimum absolute atomic E-state index is 0.000996. The van der Waals surface area contributed by atoms with E-state index in [2.05, 4.69) is 30.6 Å². The number of imide groups is 1. The van der Waals surface area contributed by atoms with Gasteiger partial charge in [-0.2, -0.15) is 5.26 Å². The summed E-state index contributed by atoms with van der Waals surface area (Å²) >= 11 is 6.14. The van der Waals surface area contributed by atoms with Gasteiger partial charge in [-0.1, -0.05) is 17.7 Å². The third kappa shape index (κ3) is 6.91. The summed E-state index contributed by atoms with van der Waals surface area (Å²) in [5.41, 5.74) is 1.72. The molecule has 53 heavy (non-hydrogen) atoms. The number of hydrogen-bond donors (Lipinski definition) is 2. The zero-order valence-electron chi connectivity index (χ0n) is 28.9. The molecule has 3 atom stereocenters. The Morgan fingerprint density at radius 3 is 2.45 bits per heavy atom. The van der Waals surface area contributed by atoms with Crippen LogP contribution < -0.4 is 20.3 Å². The number of likely N-dealkylation sites (tertiary alicyclic amines) is 1. The molecule has 3 unspecified atom stereocenters. The van der Waals surface area contributed by atoms with Crippen LogP contribution in [0.15, 0.2) is 42.5 Å². The van der Waals surface area contributed by atoms with Gasteiger partial charge < -0.3 is 19.9 Å². The number of piperidine rings is 1. The average molecular weight is 741 g/mol. The second-order valence-electron chi connectivity index (χ2n) is 14.5. The lowest BCUT2D eigenvalue weighted by Gasteiger charge is -2.41. The molecule has 13 nitrogen and oxygen atoms in total. The fourth-order valence-corrected chi connectivity index (χ4v) is 8.74. The van der Waals surface area contributed by atoms with E-state index in [1.165, 1.54) is 4.90 Å². The lowest BCUT2D eigenvalue weighted by Crippen LogP contribution is -2.54. The van der Waals surface area contributed by atoms with Crippen molar-refractivity contribution in [2.24, 2.45) is 0 Å². The highest BCUT2D eigenvalue weighted by atomic mass is 35.5. The Bertz CT molecular complexity index is 2000. The SMILES string of the molecule is N#Cc1ccc(O[C@H]2CC[C@H](NC(=O)c3ccc(N4C5CCC4CN(Cc4ccc6c(c4F)CN(C4CCC(=O)NC4=O)C6=O)C5)nn3)CC2)cc1Cl. The predicted molar refractivity (Wildman–Crippen MR) is 189 cm³/mol. The number of ether oxygens (including phenoxy) is 1. The van der Waals surface area contributed by atoms with Gasteiger partial charge in [-0.15, -0.1) is 10.2 Å². The second-order valence-corrected chi connectivity index (χ2v) is 15.0. The fourth-order valence-electron chi connectivity index (χ4n) is 8.53. The van der Waals surface area contributed by atoms with Crippen LogP contribution >= 0.6 is 11.6 Å². The van der Waals surface area contributed by atoms with Crippen molar-refractivity contribution < 1.29 is 28.3 Å². The van der Waals surface area contributed by atoms with Gasteiger partial charge >= 0.3 is 0 Å². The van der Waals surface area contributed by atoms with Gasteiger partial charge in [0.05, 0.1) is 23.2 Å². The maximum atomic E-state index is 15.9. The highest BCUT2D eigenvalue weighted by molar-refractivity contribution is 6.31. The number of benzene rings is 2. The number of carbonyl (C=O) groups excluding carboxylic acids is 4. The zero-order valence-corrected chi connectivity index (χ0v) is 29.6. The van der Waals surface area contributed by atoms with Crippen molar-refractivity contribution in [1.29, 1.82) is 5.26 Å². The fraction of sp³-hybridized carbons (Fsp3) is 0.447. The number of fused-ring (bicyclic) bond motifs is 3. The van der Waals surface area contributed by atoms with Gasteiger partial charge in [0.15, 0.2) is 11.5 Å². The Kier molecular flexibility index (Phi) is 9.46. The van der Waals surface area contributed by atoms with Crippen LogP contribution in [0.25, 0.3) is 0 Å². The summed E-state index contributed by atoms with van der Waals surface area (Å²) in [6, 6.07) is 13.5. The van der Waals surface area contributed by atoms with Crippen molar-refractivity contribution in [1.82, 2.24) is 30.6 Å². The van der Waals surface area contributed by atoms with Crippen molar-refractivity contribution in [3.63, 3.8) is 0 Å². The van der Waals surface area contributed by atoms with E-state index in [1.54, 1.807) is 36.4 Å². The first kappa shape index (κ1) is 34.9. The number of carbonyl (C=O) groups is 4. The summed E-state index contributed by atoms with van der Waals surface area (Å²) in [4.78, 5) is 56.1. The highest BCUT2D eigenvalue weighted by Gasteiger charge is 2.43. The van der Waals surface area contributed by atoms with E-state index in [0.717, 1.165) is 38.5 Å². The Labute approximate surface area is 310 Å². The minimum Gasteiger partial charge on any atom is -0.490 e. The standard InChI is InChI=1S/C38H38ClFN8O5/c39-30-15-27(7-1-21(30)16-41)53-26-8-3-23(4-9-26)42-36(50)31-11-13-33(45-44-31)48-24-5-6-25(48)19-46(18-24)17-22-2-10-28-29(35(22)40)20-47(38(28)52)32-12-14-34(49)43-37(32)51/h1-2,7,10-11,13,15,23-26,32H,3-6,8-9,12,14,17-20H2,(H,42,50)(H,43,49,51)/t23-,24?,25?,26-,32?. The second kappa shape index (κ2) is 14.4. The lowest BCUT2D eigenvalue weighted by molar-refractivity contribution is -0.136. The first-order valence-electron chi connectivity index (χ1n) is 18.1. The van der Waals surface area contributed by atoms with E-state index in [9.17, 15) is 19.2 Å². The van der Waals surface area contributed by atoms with Crippen molar-refractivity contribution in [3.8, 4) is 11.8 Å². The number of nitrogens with zero attached hydrogens (tertiary/aromatic N) is 6. The molecule has 4 fully saturated rings. The molecule has 2 bridgehead atoms. The maximum absolute atomic E-state index is 15.9. The van der Waals surface area contributed by atoms with Gasteiger partial charge in [-0.25, -0.2) is 4.39 Å². The number of aromatic nitrogens is 2. The molecular weight excluding hydrogens is 703 g/mol. The van der Waals surface area contributed by atoms with E-state index in [1.807, 2.05) is 12.1 Å². The summed E-state index contributed by atoms with van der Waals surface area (Å²) < 4.78 is 22.0. The molecule has 0 spiro atoms. The van der Waals surface area contributed by atoms with Gasteiger partial charge in [0.1, 0.15) is 23.7 Å². The van der Waals surface area contributed by atoms with Gasteiger partial charge in [0, 0.05) is 66.9 Å². The van der Waals surface area contributed by atoms with Crippen molar-refractivity contribution >= 4 is 41.0 Å². The zero-order chi connectivity index (χ0) is 36.8. The van der Waals surface area contributed by atoms with Crippen molar-refractivity contribution in [2.45, 2.75) is 94.7 Å². The molecule has 3 aromatic rings. The van der Waals surface area contributed by atoms with Crippen LogP contribution in [-0.2, 0) is 22.7 Å². The Morgan fingerprint density at radius 2 is 1.77 bits per heavy atom. The van der Waals surface area contributed by atoms with Crippen LogP contribution in [0, 0.1) is 17.1 Å². The van der Waals surface area contributed by atoms with E-state index in [0.29, 0.717) is 52.9 Å². The molecule has 0 radical (unpaired) electrons. The van der Waals surface area contributed by atoms with Gasteiger partial charge in [0.25, 0.3) is 11.8 Å². The summed E-state index contributed by atoms with van der Waals surface area (Å²) in [6.07, 6.45) is 5.33. The van der Waals surface area contributed by atoms with Crippen LogP contribution in [-0.4, -0.2) is 87.0 Å². The van der Waals surface area contributed by atoms with E-state index >= 15 is 4.39 Å². The normalized spacial score (nSPS) is 25.5. The maximum Gasteiger partial charge on any atom is 0.272 e. The van der Waals surface area contributed by atoms with Gasteiger partial charge in [-0.3, -0.25) is 29.4 Å². The van der Waals surface area contributed by atoms with Gasteiger partial charge in [0.2, 0.25) is 11.8 Å². The lowest BCUT2D eigenvalue weighted by atomic mass is 9.93. The molecule has 1 aromatic heterocycles. The van der Waals surface area contributed by atoms with Gasteiger partial charge in [-0.05, 0) is 75.3 Å². The van der Waals surface area contributed by atoms with E-state index in [4.69, 9.17) is 21.6 Å². The number of halogens is 2. The van der Waals surface area contributed by atoms with Crippen LogP contribution in [0.3, 0.4) is 0 Å². The first-order chi connectivity index (χ1) is 25.6. The van der Waals surface area contributed by atoms with Crippen molar-refractivity contribution in [2.75, 3.05) is 18.0 Å². The number of rotatable bonds is 8. The van der Waals surface area contributed by atoms with Crippen LogP contribution in [0.5, 0.6) is 5.75 Å². The quantitative estimate of drug-likeness (QED) is 0.325. The predicted octanol–water partition coefficient (Wildman–Crippen LogP) is 3.87. The largest absolute Gasteiger partial charge is 0.490 e. The Hall–Kier alpha value is -5.13. The van der Waals surface area contributed by atoms with E-state index < -0.39 is 23.7 Å².